The number of hydrogen-bond acceptors (Lipinski definition) is 3. The maximum absolute atomic E-state index is 12.5. The number of aromatic hydroxyl groups is 1. The second kappa shape index (κ2) is 11.6. The van der Waals surface area contributed by atoms with E-state index in [9.17, 15) is 14.7 Å². The van der Waals surface area contributed by atoms with Crippen LogP contribution in [-0.2, 0) is 9.59 Å². The first-order chi connectivity index (χ1) is 12.4. The predicted molar refractivity (Wildman–Crippen MR) is 106 cm³/mol. The summed E-state index contributed by atoms with van der Waals surface area (Å²) in [5.74, 6) is -0.284. The molecule has 26 heavy (non-hydrogen) atoms. The Morgan fingerprint density at radius 2 is 1.77 bits per heavy atom. The first-order valence-corrected chi connectivity index (χ1v) is 9.77. The zero-order chi connectivity index (χ0) is 19.5. The van der Waals surface area contributed by atoms with E-state index in [0.717, 1.165) is 44.3 Å². The number of amides is 2. The monoisotopic (exact) mass is 362 g/mol. The number of nitrogens with zero attached hydrogens (tertiary/aromatic N) is 1. The second-order valence-electron chi connectivity index (χ2n) is 7.04. The number of rotatable bonds is 11. The molecule has 0 fully saturated rings. The zero-order valence-electron chi connectivity index (χ0n) is 16.7. The van der Waals surface area contributed by atoms with Crippen molar-refractivity contribution in [3.05, 3.63) is 23.8 Å². The van der Waals surface area contributed by atoms with Crippen molar-refractivity contribution in [1.29, 1.82) is 0 Å². The number of anilines is 1. The van der Waals surface area contributed by atoms with Gasteiger partial charge in [0.1, 0.15) is 5.75 Å². The minimum atomic E-state index is -0.293. The molecular formula is C21H34N2O3. The number of aryl methyl sites for hydroxylation is 1. The van der Waals surface area contributed by atoms with E-state index in [0.29, 0.717) is 18.5 Å². The third kappa shape index (κ3) is 7.46. The Hall–Kier alpha value is -2.04. The number of nitrogens with one attached hydrogen (secondary N) is 1. The van der Waals surface area contributed by atoms with Crippen molar-refractivity contribution in [3.8, 4) is 5.75 Å². The summed E-state index contributed by atoms with van der Waals surface area (Å²) in [6.07, 6.45) is 5.04. The van der Waals surface area contributed by atoms with Gasteiger partial charge in [-0.1, -0.05) is 39.7 Å². The van der Waals surface area contributed by atoms with Crippen molar-refractivity contribution in [1.82, 2.24) is 4.90 Å². The molecule has 2 amide bonds. The summed E-state index contributed by atoms with van der Waals surface area (Å²) in [5, 5.41) is 12.6. The Labute approximate surface area is 157 Å². The highest BCUT2D eigenvalue weighted by Crippen LogP contribution is 2.24. The van der Waals surface area contributed by atoms with E-state index in [1.54, 1.807) is 18.2 Å². The smallest absolute Gasteiger partial charge is 0.227 e. The molecule has 0 saturated heterocycles. The molecule has 1 aromatic rings. The van der Waals surface area contributed by atoms with Crippen LogP contribution < -0.4 is 5.32 Å². The number of phenols is 1. The van der Waals surface area contributed by atoms with Crippen LogP contribution in [-0.4, -0.2) is 34.9 Å². The molecule has 1 unspecified atom stereocenters. The largest absolute Gasteiger partial charge is 0.506 e. The molecule has 0 heterocycles. The zero-order valence-corrected chi connectivity index (χ0v) is 16.7. The quantitative estimate of drug-likeness (QED) is 0.570. The number of benzene rings is 1. The Bertz CT molecular complexity index is 579. The van der Waals surface area contributed by atoms with E-state index < -0.39 is 0 Å². The van der Waals surface area contributed by atoms with Crippen LogP contribution in [0.15, 0.2) is 18.2 Å². The van der Waals surface area contributed by atoms with E-state index in [1.165, 1.54) is 0 Å². The summed E-state index contributed by atoms with van der Waals surface area (Å²) in [6, 6.07) is 5.09. The van der Waals surface area contributed by atoms with Crippen LogP contribution in [0.5, 0.6) is 5.75 Å². The standard InChI is InChI=1S/C21H34N2O3/c1-5-7-13-23(14-8-6-2)20(25)12-10-17(4)21(26)22-18-15-16(3)9-11-19(18)24/h9,11,15,17,24H,5-8,10,12-14H2,1-4H3,(H,22,26). The molecule has 0 aromatic heterocycles. The van der Waals surface area contributed by atoms with Gasteiger partial charge in [0, 0.05) is 25.4 Å². The van der Waals surface area contributed by atoms with E-state index in [1.807, 2.05) is 18.7 Å². The van der Waals surface area contributed by atoms with Gasteiger partial charge in [0.2, 0.25) is 11.8 Å². The van der Waals surface area contributed by atoms with Gasteiger partial charge in [-0.3, -0.25) is 9.59 Å². The summed E-state index contributed by atoms with van der Waals surface area (Å²) in [6.45, 7) is 9.56. The van der Waals surface area contributed by atoms with Crippen LogP contribution in [0.2, 0.25) is 0 Å². The van der Waals surface area contributed by atoms with Gasteiger partial charge in [-0.25, -0.2) is 0 Å². The van der Waals surface area contributed by atoms with Crippen molar-refractivity contribution in [3.63, 3.8) is 0 Å². The topological polar surface area (TPSA) is 69.6 Å². The summed E-state index contributed by atoms with van der Waals surface area (Å²) in [7, 11) is 0. The summed E-state index contributed by atoms with van der Waals surface area (Å²) >= 11 is 0. The summed E-state index contributed by atoms with van der Waals surface area (Å²) < 4.78 is 0. The number of unbranched alkanes of at least 4 members (excludes halogenated alkanes) is 2. The third-order valence-electron chi connectivity index (χ3n) is 4.56. The lowest BCUT2D eigenvalue weighted by molar-refractivity contribution is -0.131. The minimum absolute atomic E-state index is 0.0533. The number of carbonyl (C=O) groups is 2. The molecule has 0 radical (unpaired) electrons. The van der Waals surface area contributed by atoms with Gasteiger partial charge < -0.3 is 15.3 Å². The second-order valence-corrected chi connectivity index (χ2v) is 7.04. The molecule has 5 heteroatoms. The first kappa shape index (κ1) is 22.0. The SMILES string of the molecule is CCCCN(CCCC)C(=O)CCC(C)C(=O)Nc1cc(C)ccc1O. The molecule has 0 bridgehead atoms. The van der Waals surface area contributed by atoms with Crippen molar-refractivity contribution in [2.75, 3.05) is 18.4 Å². The molecule has 0 aliphatic rings. The predicted octanol–water partition coefficient (Wildman–Crippen LogP) is 4.48. The van der Waals surface area contributed by atoms with Gasteiger partial charge >= 0.3 is 0 Å². The molecule has 2 N–H and O–H groups in total. The van der Waals surface area contributed by atoms with Crippen LogP contribution in [0.1, 0.15) is 64.9 Å². The highest BCUT2D eigenvalue weighted by atomic mass is 16.3. The van der Waals surface area contributed by atoms with Gasteiger partial charge in [0.05, 0.1) is 5.69 Å². The minimum Gasteiger partial charge on any atom is -0.506 e. The van der Waals surface area contributed by atoms with Crippen LogP contribution in [0, 0.1) is 12.8 Å². The van der Waals surface area contributed by atoms with Gasteiger partial charge in [-0.05, 0) is 43.9 Å². The van der Waals surface area contributed by atoms with E-state index in [-0.39, 0.29) is 23.5 Å². The molecule has 1 atom stereocenters. The fraction of sp³-hybridized carbons (Fsp3) is 0.619. The fourth-order valence-corrected chi connectivity index (χ4v) is 2.69. The number of phenolic OH excluding ortho intramolecular Hbond substituents is 1. The molecule has 146 valence electrons. The number of carbonyl (C=O) groups excluding carboxylic acids is 2. The third-order valence-corrected chi connectivity index (χ3v) is 4.56. The van der Waals surface area contributed by atoms with Crippen LogP contribution in [0.3, 0.4) is 0 Å². The lowest BCUT2D eigenvalue weighted by atomic mass is 10.0. The highest BCUT2D eigenvalue weighted by molar-refractivity contribution is 5.94. The van der Waals surface area contributed by atoms with Gasteiger partial charge in [-0.2, -0.15) is 0 Å². The maximum atomic E-state index is 12.5. The molecule has 0 saturated carbocycles. The molecular weight excluding hydrogens is 328 g/mol. The average Bonchev–Trinajstić information content (AvgIpc) is 2.62. The Balaban J connectivity index is 2.54. The van der Waals surface area contributed by atoms with Crippen LogP contribution >= 0.6 is 0 Å². The lowest BCUT2D eigenvalue weighted by Gasteiger charge is -2.23. The molecule has 5 nitrogen and oxygen atoms in total. The fourth-order valence-electron chi connectivity index (χ4n) is 2.69. The van der Waals surface area contributed by atoms with E-state index >= 15 is 0 Å². The Morgan fingerprint density at radius 1 is 1.15 bits per heavy atom. The Kier molecular flexibility index (Phi) is 9.78. The van der Waals surface area contributed by atoms with E-state index in [2.05, 4.69) is 19.2 Å². The molecule has 0 aliphatic heterocycles. The maximum Gasteiger partial charge on any atom is 0.227 e. The first-order valence-electron chi connectivity index (χ1n) is 9.77. The van der Waals surface area contributed by atoms with Gasteiger partial charge in [-0.15, -0.1) is 0 Å². The summed E-state index contributed by atoms with van der Waals surface area (Å²) in [4.78, 5) is 26.8. The van der Waals surface area contributed by atoms with E-state index in [4.69, 9.17) is 0 Å². The van der Waals surface area contributed by atoms with Crippen LogP contribution in [0.4, 0.5) is 5.69 Å². The van der Waals surface area contributed by atoms with Crippen molar-refractivity contribution in [2.45, 2.75) is 66.2 Å². The average molecular weight is 363 g/mol. The normalized spacial score (nSPS) is 11.8. The summed E-state index contributed by atoms with van der Waals surface area (Å²) in [5.41, 5.74) is 1.38. The van der Waals surface area contributed by atoms with Crippen molar-refractivity contribution < 1.29 is 14.7 Å². The highest BCUT2D eigenvalue weighted by Gasteiger charge is 2.19. The van der Waals surface area contributed by atoms with Crippen LogP contribution in [0.25, 0.3) is 0 Å². The van der Waals surface area contributed by atoms with Crippen molar-refractivity contribution in [2.24, 2.45) is 5.92 Å². The lowest BCUT2D eigenvalue weighted by Crippen LogP contribution is -2.33. The molecule has 1 rings (SSSR count). The Morgan fingerprint density at radius 3 is 2.35 bits per heavy atom. The van der Waals surface area contributed by atoms with Gasteiger partial charge in [0.15, 0.2) is 0 Å². The molecule has 0 spiro atoms. The van der Waals surface area contributed by atoms with Crippen molar-refractivity contribution >= 4 is 17.5 Å². The number of hydrogen-bond donors (Lipinski definition) is 2. The van der Waals surface area contributed by atoms with Gasteiger partial charge in [0.25, 0.3) is 0 Å². The molecule has 0 aliphatic carbocycles. The molecule has 1 aromatic carbocycles.